The Morgan fingerprint density at radius 1 is 1.22 bits per heavy atom. The summed E-state index contributed by atoms with van der Waals surface area (Å²) in [6.45, 7) is 2.94. The molecule has 0 aromatic heterocycles. The Hall–Kier alpha value is -2.40. The van der Waals surface area contributed by atoms with Crippen LogP contribution in [0.4, 0.5) is 4.39 Å². The van der Waals surface area contributed by atoms with Crippen LogP contribution in [0.5, 0.6) is 5.75 Å². The van der Waals surface area contributed by atoms with Gasteiger partial charge in [-0.15, -0.1) is 0 Å². The lowest BCUT2D eigenvalue weighted by molar-refractivity contribution is -0.136. The van der Waals surface area contributed by atoms with Crippen molar-refractivity contribution >= 4 is 5.91 Å². The van der Waals surface area contributed by atoms with Gasteiger partial charge in [0, 0.05) is 26.7 Å². The summed E-state index contributed by atoms with van der Waals surface area (Å²) in [6, 6.07) is 14.5. The number of rotatable bonds is 6. The highest BCUT2D eigenvalue weighted by molar-refractivity contribution is 5.79. The van der Waals surface area contributed by atoms with Crippen LogP contribution >= 0.6 is 0 Å². The van der Waals surface area contributed by atoms with E-state index in [1.165, 1.54) is 6.07 Å². The minimum atomic E-state index is -0.212. The first-order chi connectivity index (χ1) is 13.0. The van der Waals surface area contributed by atoms with Gasteiger partial charge in [-0.3, -0.25) is 9.69 Å². The van der Waals surface area contributed by atoms with Gasteiger partial charge >= 0.3 is 0 Å². The fourth-order valence-electron chi connectivity index (χ4n) is 3.69. The number of amides is 1. The lowest BCUT2D eigenvalue weighted by Gasteiger charge is -2.34. The summed E-state index contributed by atoms with van der Waals surface area (Å²) in [4.78, 5) is 16.9. The van der Waals surface area contributed by atoms with E-state index in [2.05, 4.69) is 4.90 Å². The molecule has 0 aliphatic carbocycles. The molecule has 1 amide bonds. The van der Waals surface area contributed by atoms with Crippen molar-refractivity contribution < 1.29 is 13.9 Å². The molecule has 0 saturated carbocycles. The van der Waals surface area contributed by atoms with E-state index in [-0.39, 0.29) is 17.6 Å². The average Bonchev–Trinajstić information content (AvgIpc) is 2.68. The molecule has 2 aromatic rings. The molecule has 1 aliphatic heterocycles. The summed E-state index contributed by atoms with van der Waals surface area (Å²) < 4.78 is 18.6. The van der Waals surface area contributed by atoms with Crippen LogP contribution in [0.2, 0.25) is 0 Å². The Kier molecular flexibility index (Phi) is 6.45. The molecule has 1 heterocycles. The SMILES string of the molecule is COc1ccc(CN(C)C(=O)C2CCCN(Cc3cccc(F)c3)C2)cc1. The van der Waals surface area contributed by atoms with Crippen LogP contribution < -0.4 is 4.74 Å². The molecule has 0 bridgehead atoms. The van der Waals surface area contributed by atoms with Crippen molar-refractivity contribution in [2.24, 2.45) is 5.92 Å². The van der Waals surface area contributed by atoms with Gasteiger partial charge in [0.1, 0.15) is 11.6 Å². The fourth-order valence-corrected chi connectivity index (χ4v) is 3.69. The van der Waals surface area contributed by atoms with Crippen molar-refractivity contribution in [3.63, 3.8) is 0 Å². The predicted octanol–water partition coefficient (Wildman–Crippen LogP) is 3.70. The van der Waals surface area contributed by atoms with E-state index in [1.54, 1.807) is 24.1 Å². The Bertz CT molecular complexity index is 763. The molecule has 1 aliphatic rings. The van der Waals surface area contributed by atoms with Gasteiger partial charge < -0.3 is 9.64 Å². The number of hydrogen-bond acceptors (Lipinski definition) is 3. The Morgan fingerprint density at radius 3 is 2.70 bits per heavy atom. The van der Waals surface area contributed by atoms with Crippen LogP contribution in [0, 0.1) is 11.7 Å². The molecular weight excluding hydrogens is 343 g/mol. The number of nitrogens with zero attached hydrogens (tertiary/aromatic N) is 2. The average molecular weight is 370 g/mol. The zero-order valence-electron chi connectivity index (χ0n) is 16.0. The quantitative estimate of drug-likeness (QED) is 0.777. The maximum atomic E-state index is 13.4. The Morgan fingerprint density at radius 2 is 2.00 bits per heavy atom. The first kappa shape index (κ1) is 19.4. The lowest BCUT2D eigenvalue weighted by Crippen LogP contribution is -2.43. The highest BCUT2D eigenvalue weighted by atomic mass is 19.1. The highest BCUT2D eigenvalue weighted by Gasteiger charge is 2.28. The topological polar surface area (TPSA) is 32.8 Å². The number of piperidine rings is 1. The number of ether oxygens (including phenoxy) is 1. The number of benzene rings is 2. The van der Waals surface area contributed by atoms with Crippen molar-refractivity contribution in [2.45, 2.75) is 25.9 Å². The van der Waals surface area contributed by atoms with Crippen LogP contribution in [0.3, 0.4) is 0 Å². The summed E-state index contributed by atoms with van der Waals surface area (Å²) in [5.74, 6) is 0.773. The van der Waals surface area contributed by atoms with Gasteiger partial charge in [0.05, 0.1) is 13.0 Å². The molecule has 1 saturated heterocycles. The fraction of sp³-hybridized carbons (Fsp3) is 0.409. The molecule has 4 nitrogen and oxygen atoms in total. The summed E-state index contributed by atoms with van der Waals surface area (Å²) in [7, 11) is 3.50. The van der Waals surface area contributed by atoms with E-state index in [0.717, 1.165) is 42.8 Å². The van der Waals surface area contributed by atoms with Crippen molar-refractivity contribution in [1.29, 1.82) is 0 Å². The smallest absolute Gasteiger partial charge is 0.227 e. The van der Waals surface area contributed by atoms with E-state index in [0.29, 0.717) is 13.1 Å². The van der Waals surface area contributed by atoms with E-state index >= 15 is 0 Å². The Balaban J connectivity index is 1.56. The van der Waals surface area contributed by atoms with Gasteiger partial charge in [0.15, 0.2) is 0 Å². The van der Waals surface area contributed by atoms with Crippen LogP contribution in [0.15, 0.2) is 48.5 Å². The van der Waals surface area contributed by atoms with Crippen molar-refractivity contribution in [3.05, 3.63) is 65.5 Å². The van der Waals surface area contributed by atoms with Gasteiger partial charge in [-0.2, -0.15) is 0 Å². The van der Waals surface area contributed by atoms with Crippen LogP contribution in [0.25, 0.3) is 0 Å². The van der Waals surface area contributed by atoms with Gasteiger partial charge in [-0.05, 0) is 54.8 Å². The highest BCUT2D eigenvalue weighted by Crippen LogP contribution is 2.22. The number of likely N-dealkylation sites (tertiary alicyclic amines) is 1. The van der Waals surface area contributed by atoms with Crippen molar-refractivity contribution in [1.82, 2.24) is 9.80 Å². The molecular formula is C22H27FN2O2. The maximum absolute atomic E-state index is 13.4. The number of hydrogen-bond donors (Lipinski definition) is 0. The van der Waals surface area contributed by atoms with Gasteiger partial charge in [0.25, 0.3) is 0 Å². The molecule has 1 unspecified atom stereocenters. The van der Waals surface area contributed by atoms with Crippen LogP contribution in [-0.2, 0) is 17.9 Å². The molecule has 1 atom stereocenters. The molecule has 2 aromatic carbocycles. The largest absolute Gasteiger partial charge is 0.497 e. The summed E-state index contributed by atoms with van der Waals surface area (Å²) >= 11 is 0. The number of carbonyl (C=O) groups excluding carboxylic acids is 1. The second-order valence-corrected chi connectivity index (χ2v) is 7.25. The number of carbonyl (C=O) groups is 1. The summed E-state index contributed by atoms with van der Waals surface area (Å²) in [5, 5.41) is 0. The predicted molar refractivity (Wildman–Crippen MR) is 104 cm³/mol. The third kappa shape index (κ3) is 5.30. The number of methoxy groups -OCH3 is 1. The van der Waals surface area contributed by atoms with E-state index < -0.39 is 0 Å². The van der Waals surface area contributed by atoms with Crippen molar-refractivity contribution in [2.75, 3.05) is 27.2 Å². The number of halogens is 1. The minimum Gasteiger partial charge on any atom is -0.497 e. The first-order valence-electron chi connectivity index (χ1n) is 9.40. The molecule has 144 valence electrons. The third-order valence-electron chi connectivity index (χ3n) is 5.10. The van der Waals surface area contributed by atoms with Gasteiger partial charge in [0.2, 0.25) is 5.91 Å². The standard InChI is InChI=1S/C22H27FN2O2/c1-24(14-17-8-10-21(27-2)11-9-17)22(26)19-6-4-12-25(16-19)15-18-5-3-7-20(23)13-18/h3,5,7-11,13,19H,4,6,12,14-16H2,1-2H3. The first-order valence-corrected chi connectivity index (χ1v) is 9.40. The summed E-state index contributed by atoms with van der Waals surface area (Å²) in [6.07, 6.45) is 1.90. The zero-order chi connectivity index (χ0) is 19.2. The molecule has 0 N–H and O–H groups in total. The van der Waals surface area contributed by atoms with E-state index in [9.17, 15) is 9.18 Å². The minimum absolute atomic E-state index is 0.00411. The molecule has 27 heavy (non-hydrogen) atoms. The van der Waals surface area contributed by atoms with Gasteiger partial charge in [-0.1, -0.05) is 24.3 Å². The van der Waals surface area contributed by atoms with E-state index in [4.69, 9.17) is 4.74 Å². The van der Waals surface area contributed by atoms with Crippen LogP contribution in [0.1, 0.15) is 24.0 Å². The monoisotopic (exact) mass is 370 g/mol. The molecule has 0 spiro atoms. The zero-order valence-corrected chi connectivity index (χ0v) is 16.0. The molecule has 3 rings (SSSR count). The lowest BCUT2D eigenvalue weighted by atomic mass is 9.96. The summed E-state index contributed by atoms with van der Waals surface area (Å²) in [5.41, 5.74) is 2.04. The van der Waals surface area contributed by atoms with Crippen molar-refractivity contribution in [3.8, 4) is 5.75 Å². The van der Waals surface area contributed by atoms with Gasteiger partial charge in [-0.25, -0.2) is 4.39 Å². The second kappa shape index (κ2) is 9.00. The maximum Gasteiger partial charge on any atom is 0.227 e. The van der Waals surface area contributed by atoms with Crippen LogP contribution in [-0.4, -0.2) is 43.0 Å². The molecule has 1 fully saturated rings. The molecule has 0 radical (unpaired) electrons. The molecule has 5 heteroatoms. The Labute approximate surface area is 160 Å². The third-order valence-corrected chi connectivity index (χ3v) is 5.10. The van der Waals surface area contributed by atoms with E-state index in [1.807, 2.05) is 37.4 Å². The second-order valence-electron chi connectivity index (χ2n) is 7.25. The normalized spacial score (nSPS) is 17.5.